The highest BCUT2D eigenvalue weighted by molar-refractivity contribution is 7.85. The van der Waals surface area contributed by atoms with Gasteiger partial charge in [-0.15, -0.1) is 13.7 Å². The van der Waals surface area contributed by atoms with E-state index in [9.17, 15) is 16.8 Å². The molecule has 1 aliphatic heterocycles. The summed E-state index contributed by atoms with van der Waals surface area (Å²) in [5.74, 6) is 0. The van der Waals surface area contributed by atoms with E-state index < -0.39 is 20.5 Å². The molecule has 1 fully saturated rings. The van der Waals surface area contributed by atoms with E-state index in [2.05, 4.69) is 8.57 Å². The Hall–Kier alpha value is -1.24. The fraction of sp³-hybridized carbons (Fsp3) is 0. The fourth-order valence-electron chi connectivity index (χ4n) is 1.05. The van der Waals surface area contributed by atoms with Gasteiger partial charge in [-0.2, -0.15) is 16.8 Å². The first-order chi connectivity index (χ1) is 7.78. The molecule has 1 saturated heterocycles. The lowest BCUT2D eigenvalue weighted by molar-refractivity contribution is 0.198. The molecule has 2 rings (SSSR count). The van der Waals surface area contributed by atoms with Gasteiger partial charge in [0.2, 0.25) is 0 Å². The van der Waals surface area contributed by atoms with Crippen LogP contribution in [0.2, 0.25) is 0 Å². The third-order valence-electron chi connectivity index (χ3n) is 1.76. The minimum atomic E-state index is -4.30. The first-order valence-electron chi connectivity index (χ1n) is 4.04. The third kappa shape index (κ3) is 2.71. The average Bonchev–Trinajstić information content (AvgIpc) is 2.58. The molecule has 0 unspecified atom stereocenters. The average molecular weight is 282 g/mol. The summed E-state index contributed by atoms with van der Waals surface area (Å²) >= 11 is 0. The van der Waals surface area contributed by atoms with Crippen molar-refractivity contribution < 1.29 is 30.0 Å². The summed E-state index contributed by atoms with van der Waals surface area (Å²) in [5, 5.41) is 0.670. The van der Waals surface area contributed by atoms with Crippen LogP contribution in [0.4, 0.5) is 5.69 Å². The molecule has 1 heterocycles. The monoisotopic (exact) mass is 282 g/mol. The number of nitrogens with one attached hydrogen (secondary N) is 1. The van der Waals surface area contributed by atoms with E-state index >= 15 is 0 Å². The van der Waals surface area contributed by atoms with E-state index in [4.69, 9.17) is 4.55 Å². The first kappa shape index (κ1) is 12.2. The fourth-order valence-corrected chi connectivity index (χ4v) is 2.02. The summed E-state index contributed by atoms with van der Waals surface area (Å²) in [6.45, 7) is 0. The van der Waals surface area contributed by atoms with Gasteiger partial charge in [-0.05, 0) is 24.3 Å². The molecule has 9 nitrogen and oxygen atoms in total. The van der Waals surface area contributed by atoms with Crippen LogP contribution in [-0.4, -0.2) is 21.4 Å². The molecular formula is C6H6N2O7S2. The normalized spacial score (nSPS) is 19.5. The topological polar surface area (TPSA) is 122 Å². The number of nitrogens with zero attached hydrogens (tertiary/aromatic N) is 1. The van der Waals surface area contributed by atoms with E-state index in [0.717, 1.165) is 12.1 Å². The van der Waals surface area contributed by atoms with Crippen LogP contribution in [0.1, 0.15) is 0 Å². The van der Waals surface area contributed by atoms with Crippen LogP contribution in [0.3, 0.4) is 0 Å². The van der Waals surface area contributed by atoms with Crippen LogP contribution in [0.25, 0.3) is 0 Å². The number of anilines is 1. The largest absolute Gasteiger partial charge is 0.440 e. The Kier molecular flexibility index (Phi) is 2.81. The zero-order valence-electron chi connectivity index (χ0n) is 7.97. The molecule has 0 spiro atoms. The summed E-state index contributed by atoms with van der Waals surface area (Å²) < 4.78 is 60.1. The van der Waals surface area contributed by atoms with Crippen molar-refractivity contribution in [2.24, 2.45) is 0 Å². The second-order valence-electron chi connectivity index (χ2n) is 2.92. The molecule has 0 aliphatic carbocycles. The molecule has 11 heteroatoms. The van der Waals surface area contributed by atoms with Gasteiger partial charge in [0.25, 0.3) is 10.1 Å². The number of benzene rings is 1. The van der Waals surface area contributed by atoms with Gasteiger partial charge >= 0.3 is 10.4 Å². The van der Waals surface area contributed by atoms with Crippen LogP contribution in [-0.2, 0) is 29.1 Å². The number of rotatable bonds is 2. The summed E-state index contributed by atoms with van der Waals surface area (Å²) in [4.78, 5) is -0.329. The molecule has 94 valence electrons. The van der Waals surface area contributed by atoms with Crippen LogP contribution in [0, 0.1) is 0 Å². The zero-order chi connectivity index (χ0) is 12.7. The van der Waals surface area contributed by atoms with Crippen LogP contribution >= 0.6 is 0 Å². The van der Waals surface area contributed by atoms with Gasteiger partial charge < -0.3 is 0 Å². The van der Waals surface area contributed by atoms with Gasteiger partial charge in [-0.25, -0.2) is 0 Å². The van der Waals surface area contributed by atoms with Gasteiger partial charge in [-0.3, -0.25) is 4.55 Å². The summed E-state index contributed by atoms with van der Waals surface area (Å²) in [6, 6.07) is 4.56. The zero-order valence-corrected chi connectivity index (χ0v) is 9.60. The maximum absolute atomic E-state index is 10.8. The van der Waals surface area contributed by atoms with Crippen LogP contribution < -0.4 is 10.8 Å². The summed E-state index contributed by atoms with van der Waals surface area (Å²) in [5.41, 5.74) is 2.10. The van der Waals surface area contributed by atoms with Crippen molar-refractivity contribution in [2.45, 2.75) is 4.90 Å². The van der Waals surface area contributed by atoms with Crippen molar-refractivity contribution in [2.75, 3.05) is 5.17 Å². The van der Waals surface area contributed by atoms with Crippen molar-refractivity contribution in [1.82, 2.24) is 5.59 Å². The van der Waals surface area contributed by atoms with E-state index in [1.807, 2.05) is 5.59 Å². The Morgan fingerprint density at radius 2 is 1.82 bits per heavy atom. The third-order valence-corrected chi connectivity index (χ3v) is 3.24. The van der Waals surface area contributed by atoms with E-state index in [0.29, 0.717) is 5.17 Å². The number of hydrogen-bond donors (Lipinski definition) is 2. The molecule has 2 N–H and O–H groups in total. The molecule has 1 aromatic rings. The van der Waals surface area contributed by atoms with Gasteiger partial charge in [0.1, 0.15) is 0 Å². The highest BCUT2D eigenvalue weighted by Crippen LogP contribution is 2.20. The molecule has 0 aromatic heterocycles. The second-order valence-corrected chi connectivity index (χ2v) is 5.47. The standard InChI is InChI=1S/C6H6N2O7S2/c9-16(10,11)6-3-1-5(2-4-6)8-7-14-17(12,13)15-8/h1-4,7H,(H,9,10,11). The Morgan fingerprint density at radius 1 is 1.24 bits per heavy atom. The smallest absolute Gasteiger partial charge is 0.282 e. The predicted molar refractivity (Wildman–Crippen MR) is 53.0 cm³/mol. The molecule has 17 heavy (non-hydrogen) atoms. The molecule has 0 saturated carbocycles. The highest BCUT2D eigenvalue weighted by Gasteiger charge is 2.29. The maximum Gasteiger partial charge on any atom is 0.440 e. The van der Waals surface area contributed by atoms with Gasteiger partial charge in [0, 0.05) is 0 Å². The Bertz CT molecular complexity index is 621. The minimum Gasteiger partial charge on any atom is -0.282 e. The number of hydrazine groups is 1. The maximum atomic E-state index is 10.8. The molecule has 0 atom stereocenters. The Balaban J connectivity index is 2.26. The summed E-state index contributed by atoms with van der Waals surface area (Å²) in [7, 11) is -8.43. The quantitative estimate of drug-likeness (QED) is 0.682. The summed E-state index contributed by atoms with van der Waals surface area (Å²) in [6.07, 6.45) is 0. The second kappa shape index (κ2) is 3.90. The van der Waals surface area contributed by atoms with Gasteiger partial charge in [-0.1, -0.05) is 5.59 Å². The minimum absolute atomic E-state index is 0.165. The van der Waals surface area contributed by atoms with Crippen LogP contribution in [0.15, 0.2) is 29.2 Å². The van der Waals surface area contributed by atoms with E-state index in [1.54, 1.807) is 0 Å². The molecular weight excluding hydrogens is 276 g/mol. The van der Waals surface area contributed by atoms with E-state index in [1.165, 1.54) is 12.1 Å². The van der Waals surface area contributed by atoms with Crippen molar-refractivity contribution >= 4 is 26.2 Å². The molecule has 1 aromatic carbocycles. The Labute approximate surface area is 96.5 Å². The molecule has 0 bridgehead atoms. The lowest BCUT2D eigenvalue weighted by Gasteiger charge is -2.10. The van der Waals surface area contributed by atoms with Crippen molar-refractivity contribution in [1.29, 1.82) is 0 Å². The SMILES string of the molecule is O=S1(=O)ONN(c2ccc(S(=O)(=O)O)cc2)O1. The Morgan fingerprint density at radius 3 is 2.24 bits per heavy atom. The highest BCUT2D eigenvalue weighted by atomic mass is 32.3. The lowest BCUT2D eigenvalue weighted by Crippen LogP contribution is -2.28. The van der Waals surface area contributed by atoms with Gasteiger partial charge in [0.15, 0.2) is 0 Å². The van der Waals surface area contributed by atoms with Crippen molar-refractivity contribution in [3.63, 3.8) is 0 Å². The predicted octanol–water partition coefficient (Wildman–Crippen LogP) is -0.634. The molecule has 1 aliphatic rings. The molecule has 0 radical (unpaired) electrons. The first-order valence-corrected chi connectivity index (χ1v) is 6.82. The van der Waals surface area contributed by atoms with Crippen LogP contribution in [0.5, 0.6) is 0 Å². The van der Waals surface area contributed by atoms with Gasteiger partial charge in [0.05, 0.1) is 10.6 Å². The van der Waals surface area contributed by atoms with E-state index in [-0.39, 0.29) is 10.6 Å². The number of hydrogen-bond acceptors (Lipinski definition) is 8. The lowest BCUT2D eigenvalue weighted by atomic mass is 10.3. The van der Waals surface area contributed by atoms with Crippen molar-refractivity contribution in [3.8, 4) is 0 Å². The molecule has 0 amide bonds. The van der Waals surface area contributed by atoms with Crippen molar-refractivity contribution in [3.05, 3.63) is 24.3 Å².